The van der Waals surface area contributed by atoms with Gasteiger partial charge in [0, 0.05) is 24.7 Å². The van der Waals surface area contributed by atoms with E-state index in [1.807, 2.05) is 18.2 Å². The van der Waals surface area contributed by atoms with Crippen molar-refractivity contribution >= 4 is 5.91 Å². The van der Waals surface area contributed by atoms with Gasteiger partial charge in [0.1, 0.15) is 18.1 Å². The molecule has 1 aliphatic heterocycles. The Morgan fingerprint density at radius 2 is 2.19 bits per heavy atom. The van der Waals surface area contributed by atoms with Crippen LogP contribution in [0.1, 0.15) is 21.6 Å². The molecule has 1 aliphatic rings. The Bertz CT molecular complexity index is 780. The minimum atomic E-state index is 0.0175. The maximum atomic E-state index is 11.9. The Balaban J connectivity index is 2.14. The highest BCUT2D eigenvalue weighted by Gasteiger charge is 2.25. The molecule has 1 aromatic heterocycles. The average molecular weight is 280 g/mol. The zero-order valence-electron chi connectivity index (χ0n) is 11.6. The monoisotopic (exact) mass is 280 g/mol. The van der Waals surface area contributed by atoms with Crippen LogP contribution in [0.5, 0.6) is 5.75 Å². The molecule has 0 atom stereocenters. The fourth-order valence-corrected chi connectivity index (χ4v) is 2.47. The van der Waals surface area contributed by atoms with Crippen LogP contribution in [0.15, 0.2) is 24.5 Å². The number of nitriles is 1. The molecule has 0 spiro atoms. The molecule has 1 amide bonds. The Morgan fingerprint density at radius 1 is 1.38 bits per heavy atom. The highest BCUT2D eigenvalue weighted by atomic mass is 16.5. The molecule has 0 N–H and O–H groups in total. The van der Waals surface area contributed by atoms with E-state index in [9.17, 15) is 4.79 Å². The second kappa shape index (κ2) is 4.87. The van der Waals surface area contributed by atoms with E-state index in [0.29, 0.717) is 23.6 Å². The van der Waals surface area contributed by atoms with Gasteiger partial charge < -0.3 is 9.64 Å². The van der Waals surface area contributed by atoms with Crippen molar-refractivity contribution in [2.75, 3.05) is 14.2 Å². The van der Waals surface area contributed by atoms with Crippen molar-refractivity contribution < 1.29 is 9.53 Å². The Hall–Kier alpha value is -2.94. The Labute approximate surface area is 121 Å². The van der Waals surface area contributed by atoms with Crippen molar-refractivity contribution in [2.24, 2.45) is 0 Å². The van der Waals surface area contributed by atoms with Crippen molar-refractivity contribution in [3.8, 4) is 23.1 Å². The van der Waals surface area contributed by atoms with Crippen molar-refractivity contribution in [2.45, 2.75) is 6.54 Å². The molecule has 6 heteroatoms. The Kier molecular flexibility index (Phi) is 3.03. The molecule has 1 aromatic carbocycles. The van der Waals surface area contributed by atoms with Crippen LogP contribution in [-0.2, 0) is 6.54 Å². The van der Waals surface area contributed by atoms with Gasteiger partial charge in [0.05, 0.1) is 7.11 Å². The number of ether oxygens (including phenoxy) is 1. The summed E-state index contributed by atoms with van der Waals surface area (Å²) in [5.41, 5.74) is 3.19. The number of hydrogen-bond donors (Lipinski definition) is 0. The summed E-state index contributed by atoms with van der Waals surface area (Å²) in [5, 5.41) is 9.07. The highest BCUT2D eigenvalue weighted by molar-refractivity contribution is 5.98. The van der Waals surface area contributed by atoms with Crippen molar-refractivity contribution in [3.63, 3.8) is 0 Å². The molecule has 3 rings (SSSR count). The molecule has 0 saturated carbocycles. The first kappa shape index (κ1) is 13.1. The minimum absolute atomic E-state index is 0.0175. The second-order valence-electron chi connectivity index (χ2n) is 4.75. The van der Waals surface area contributed by atoms with E-state index in [1.165, 1.54) is 13.4 Å². The smallest absolute Gasteiger partial charge is 0.254 e. The largest absolute Gasteiger partial charge is 0.492 e. The van der Waals surface area contributed by atoms with Gasteiger partial charge in [-0.05, 0) is 17.7 Å². The van der Waals surface area contributed by atoms with Crippen LogP contribution in [0.25, 0.3) is 11.3 Å². The summed E-state index contributed by atoms with van der Waals surface area (Å²) in [5.74, 6) is 0.363. The number of carbonyl (C=O) groups excluding carboxylic acids is 1. The van der Waals surface area contributed by atoms with Gasteiger partial charge in [-0.25, -0.2) is 9.97 Å². The fourth-order valence-electron chi connectivity index (χ4n) is 2.47. The van der Waals surface area contributed by atoms with Crippen molar-refractivity contribution in [3.05, 3.63) is 41.3 Å². The predicted octanol–water partition coefficient (Wildman–Crippen LogP) is 1.61. The van der Waals surface area contributed by atoms with Crippen molar-refractivity contribution in [1.82, 2.24) is 14.9 Å². The summed E-state index contributed by atoms with van der Waals surface area (Å²) in [7, 11) is 3.24. The molecule has 0 unspecified atom stereocenters. The molecular formula is C15H12N4O2. The summed E-state index contributed by atoms with van der Waals surface area (Å²) < 4.78 is 5.26. The van der Waals surface area contributed by atoms with Gasteiger partial charge in [-0.2, -0.15) is 5.26 Å². The lowest BCUT2D eigenvalue weighted by molar-refractivity contribution is 0.0816. The van der Waals surface area contributed by atoms with E-state index in [2.05, 4.69) is 9.97 Å². The molecule has 2 heterocycles. The van der Waals surface area contributed by atoms with Gasteiger partial charge in [-0.15, -0.1) is 0 Å². The molecule has 104 valence electrons. The standard InChI is InChI=1S/C15H12N4O2/c1-19-7-10-5-9(3-4-11(10)15(19)20)13-14(21-2)12(6-16)17-8-18-13/h3-5,8H,7H2,1-2H3. The van der Waals surface area contributed by atoms with Crippen molar-refractivity contribution in [1.29, 1.82) is 5.26 Å². The third-order valence-electron chi connectivity index (χ3n) is 3.48. The summed E-state index contributed by atoms with van der Waals surface area (Å²) in [6.45, 7) is 0.570. The number of amides is 1. The van der Waals surface area contributed by atoms with Crippen LogP contribution >= 0.6 is 0 Å². The molecule has 0 saturated heterocycles. The van der Waals surface area contributed by atoms with E-state index in [0.717, 1.165) is 11.1 Å². The van der Waals surface area contributed by atoms with E-state index < -0.39 is 0 Å². The molecule has 0 bridgehead atoms. The number of rotatable bonds is 2. The van der Waals surface area contributed by atoms with Crippen LogP contribution in [0, 0.1) is 11.3 Å². The van der Waals surface area contributed by atoms with E-state index >= 15 is 0 Å². The van der Waals surface area contributed by atoms with E-state index in [4.69, 9.17) is 10.00 Å². The third-order valence-corrected chi connectivity index (χ3v) is 3.48. The maximum absolute atomic E-state index is 11.9. The summed E-state index contributed by atoms with van der Waals surface area (Å²) >= 11 is 0. The summed E-state index contributed by atoms with van der Waals surface area (Å²) in [6.07, 6.45) is 1.33. The lowest BCUT2D eigenvalue weighted by Crippen LogP contribution is -2.17. The minimum Gasteiger partial charge on any atom is -0.492 e. The number of fused-ring (bicyclic) bond motifs is 1. The fraction of sp³-hybridized carbons (Fsp3) is 0.200. The zero-order chi connectivity index (χ0) is 15.0. The first-order valence-corrected chi connectivity index (χ1v) is 6.33. The Morgan fingerprint density at radius 3 is 2.90 bits per heavy atom. The number of nitrogens with zero attached hydrogens (tertiary/aromatic N) is 4. The normalized spacial score (nSPS) is 13.0. The SMILES string of the molecule is COc1c(C#N)ncnc1-c1ccc2c(c1)CN(C)C2=O. The van der Waals surface area contributed by atoms with Crippen LogP contribution in [0.4, 0.5) is 0 Å². The van der Waals surface area contributed by atoms with Gasteiger partial charge in [-0.3, -0.25) is 4.79 Å². The van der Waals surface area contributed by atoms with Gasteiger partial charge in [0.15, 0.2) is 11.4 Å². The molecular weight excluding hydrogens is 268 g/mol. The molecule has 0 fully saturated rings. The van der Waals surface area contributed by atoms with Crippen LogP contribution in [0.2, 0.25) is 0 Å². The van der Waals surface area contributed by atoms with Gasteiger partial charge in [0.25, 0.3) is 5.91 Å². The van der Waals surface area contributed by atoms with Gasteiger partial charge in [0.2, 0.25) is 0 Å². The maximum Gasteiger partial charge on any atom is 0.254 e. The molecule has 6 nitrogen and oxygen atoms in total. The quantitative estimate of drug-likeness (QED) is 0.835. The van der Waals surface area contributed by atoms with E-state index in [-0.39, 0.29) is 11.6 Å². The topological polar surface area (TPSA) is 79.1 Å². The van der Waals surface area contributed by atoms with Crippen LogP contribution in [-0.4, -0.2) is 34.9 Å². The highest BCUT2D eigenvalue weighted by Crippen LogP contribution is 2.32. The van der Waals surface area contributed by atoms with Crippen LogP contribution < -0.4 is 4.74 Å². The average Bonchev–Trinajstić information content (AvgIpc) is 2.80. The molecule has 2 aromatic rings. The van der Waals surface area contributed by atoms with E-state index in [1.54, 1.807) is 18.0 Å². The molecule has 21 heavy (non-hydrogen) atoms. The first-order valence-electron chi connectivity index (χ1n) is 6.33. The number of aromatic nitrogens is 2. The number of hydrogen-bond acceptors (Lipinski definition) is 5. The second-order valence-corrected chi connectivity index (χ2v) is 4.75. The predicted molar refractivity (Wildman–Crippen MR) is 74.5 cm³/mol. The first-order chi connectivity index (χ1) is 10.2. The third kappa shape index (κ3) is 1.99. The lowest BCUT2D eigenvalue weighted by atomic mass is 10.0. The summed E-state index contributed by atoms with van der Waals surface area (Å²) in [6, 6.07) is 7.48. The molecule has 0 radical (unpaired) electrons. The molecule has 0 aliphatic carbocycles. The summed E-state index contributed by atoms with van der Waals surface area (Å²) in [4.78, 5) is 21.7. The zero-order valence-corrected chi connectivity index (χ0v) is 11.6. The van der Waals surface area contributed by atoms with Gasteiger partial charge in [-0.1, -0.05) is 6.07 Å². The van der Waals surface area contributed by atoms with Gasteiger partial charge >= 0.3 is 0 Å². The number of benzene rings is 1. The lowest BCUT2D eigenvalue weighted by Gasteiger charge is -2.09. The number of carbonyl (C=O) groups is 1. The number of methoxy groups -OCH3 is 1. The van der Waals surface area contributed by atoms with Crippen LogP contribution in [0.3, 0.4) is 0 Å².